The molecule has 2 atom stereocenters. The van der Waals surface area contributed by atoms with Crippen LogP contribution in [0, 0.1) is 5.92 Å². The molecule has 21 heavy (non-hydrogen) atoms. The molecule has 0 aromatic rings. The first-order valence-electron chi connectivity index (χ1n) is 8.81. The molecule has 2 aliphatic heterocycles. The first-order valence-corrected chi connectivity index (χ1v) is 8.81. The molecular weight excluding hydrogens is 284 g/mol. The molecule has 2 heterocycles. The SMILES string of the molecule is CCN(C(=O)CC1CC2CCC(C1)N2)C1CCCCC1.Cl. The topological polar surface area (TPSA) is 32.3 Å². The van der Waals surface area contributed by atoms with Crippen LogP contribution < -0.4 is 5.32 Å². The van der Waals surface area contributed by atoms with Crippen molar-refractivity contribution in [3.05, 3.63) is 0 Å². The van der Waals surface area contributed by atoms with E-state index in [1.54, 1.807) is 0 Å². The zero-order valence-electron chi connectivity index (χ0n) is 13.4. The Labute approximate surface area is 135 Å². The van der Waals surface area contributed by atoms with Crippen molar-refractivity contribution in [3.63, 3.8) is 0 Å². The van der Waals surface area contributed by atoms with Gasteiger partial charge in [0, 0.05) is 31.1 Å². The van der Waals surface area contributed by atoms with Crippen molar-refractivity contribution >= 4 is 18.3 Å². The first kappa shape index (κ1) is 17.1. The van der Waals surface area contributed by atoms with Gasteiger partial charge in [-0.3, -0.25) is 4.79 Å². The fourth-order valence-corrected chi connectivity index (χ4v) is 4.74. The van der Waals surface area contributed by atoms with Gasteiger partial charge >= 0.3 is 0 Å². The summed E-state index contributed by atoms with van der Waals surface area (Å²) in [4.78, 5) is 14.9. The molecular formula is C17H31ClN2O. The number of piperidine rings is 1. The normalized spacial score (nSPS) is 32.5. The van der Waals surface area contributed by atoms with Gasteiger partial charge in [0.25, 0.3) is 0 Å². The molecule has 0 radical (unpaired) electrons. The molecule has 3 rings (SSSR count). The lowest BCUT2D eigenvalue weighted by Crippen LogP contribution is -2.44. The number of carbonyl (C=O) groups excluding carboxylic acids is 1. The summed E-state index contributed by atoms with van der Waals surface area (Å²) in [6.45, 7) is 3.06. The summed E-state index contributed by atoms with van der Waals surface area (Å²) in [5.74, 6) is 1.07. The van der Waals surface area contributed by atoms with E-state index in [2.05, 4.69) is 17.1 Å². The maximum Gasteiger partial charge on any atom is 0.223 e. The Bertz CT molecular complexity index is 332. The van der Waals surface area contributed by atoms with Crippen LogP contribution in [-0.2, 0) is 4.79 Å². The van der Waals surface area contributed by atoms with E-state index in [0.717, 1.165) is 13.0 Å². The van der Waals surface area contributed by atoms with Crippen LogP contribution in [-0.4, -0.2) is 35.5 Å². The van der Waals surface area contributed by atoms with Gasteiger partial charge in [-0.2, -0.15) is 0 Å². The molecule has 3 aliphatic rings. The van der Waals surface area contributed by atoms with Crippen molar-refractivity contribution in [1.82, 2.24) is 10.2 Å². The number of carbonyl (C=O) groups is 1. The molecule has 1 amide bonds. The quantitative estimate of drug-likeness (QED) is 0.861. The third-order valence-electron chi connectivity index (χ3n) is 5.71. The van der Waals surface area contributed by atoms with Crippen molar-refractivity contribution in [3.8, 4) is 0 Å². The highest BCUT2D eigenvalue weighted by molar-refractivity contribution is 5.85. The van der Waals surface area contributed by atoms with E-state index < -0.39 is 0 Å². The van der Waals surface area contributed by atoms with Crippen molar-refractivity contribution in [1.29, 1.82) is 0 Å². The molecule has 2 unspecified atom stereocenters. The Hall–Kier alpha value is -0.280. The predicted molar refractivity (Wildman–Crippen MR) is 88.8 cm³/mol. The monoisotopic (exact) mass is 314 g/mol. The molecule has 3 nitrogen and oxygen atoms in total. The zero-order valence-corrected chi connectivity index (χ0v) is 14.2. The summed E-state index contributed by atoms with van der Waals surface area (Å²) in [6.07, 6.45) is 12.4. The molecule has 1 saturated carbocycles. The van der Waals surface area contributed by atoms with E-state index in [0.29, 0.717) is 30.0 Å². The molecule has 122 valence electrons. The van der Waals surface area contributed by atoms with Gasteiger partial charge in [-0.1, -0.05) is 19.3 Å². The smallest absolute Gasteiger partial charge is 0.223 e. The van der Waals surface area contributed by atoms with Gasteiger partial charge in [0.2, 0.25) is 5.91 Å². The van der Waals surface area contributed by atoms with Crippen molar-refractivity contribution in [2.75, 3.05) is 6.54 Å². The molecule has 1 N–H and O–H groups in total. The van der Waals surface area contributed by atoms with Crippen molar-refractivity contribution < 1.29 is 4.79 Å². The number of nitrogens with one attached hydrogen (secondary N) is 1. The van der Waals surface area contributed by atoms with Gasteiger partial charge in [0.1, 0.15) is 0 Å². The van der Waals surface area contributed by atoms with Gasteiger partial charge in [0.15, 0.2) is 0 Å². The minimum atomic E-state index is 0. The molecule has 2 saturated heterocycles. The minimum absolute atomic E-state index is 0. The van der Waals surface area contributed by atoms with Gasteiger partial charge in [0.05, 0.1) is 0 Å². The number of hydrogen-bond donors (Lipinski definition) is 1. The number of rotatable bonds is 4. The summed E-state index contributed by atoms with van der Waals surface area (Å²) in [6, 6.07) is 1.95. The second-order valence-corrected chi connectivity index (χ2v) is 7.15. The average molecular weight is 315 g/mol. The Morgan fingerprint density at radius 3 is 2.24 bits per heavy atom. The third kappa shape index (κ3) is 4.13. The Balaban J connectivity index is 0.00000161. The largest absolute Gasteiger partial charge is 0.340 e. The van der Waals surface area contributed by atoms with Crippen LogP contribution in [0.5, 0.6) is 0 Å². The minimum Gasteiger partial charge on any atom is -0.340 e. The number of hydrogen-bond acceptors (Lipinski definition) is 2. The number of nitrogens with zero attached hydrogens (tertiary/aromatic N) is 1. The van der Waals surface area contributed by atoms with Crippen LogP contribution in [0.15, 0.2) is 0 Å². The van der Waals surface area contributed by atoms with Crippen LogP contribution >= 0.6 is 12.4 Å². The lowest BCUT2D eigenvalue weighted by molar-refractivity contribution is -0.135. The van der Waals surface area contributed by atoms with Crippen LogP contribution in [0.3, 0.4) is 0 Å². The third-order valence-corrected chi connectivity index (χ3v) is 5.71. The second kappa shape index (κ2) is 7.82. The summed E-state index contributed by atoms with van der Waals surface area (Å²) in [5, 5.41) is 3.68. The summed E-state index contributed by atoms with van der Waals surface area (Å²) < 4.78 is 0. The molecule has 2 bridgehead atoms. The van der Waals surface area contributed by atoms with Crippen molar-refractivity contribution in [2.24, 2.45) is 5.92 Å². The molecule has 1 aliphatic carbocycles. The molecule has 0 aromatic heterocycles. The first-order chi connectivity index (χ1) is 9.76. The maximum absolute atomic E-state index is 12.7. The van der Waals surface area contributed by atoms with E-state index in [4.69, 9.17) is 0 Å². The number of halogens is 1. The summed E-state index contributed by atoms with van der Waals surface area (Å²) in [7, 11) is 0. The molecule has 4 heteroatoms. The summed E-state index contributed by atoms with van der Waals surface area (Å²) in [5.41, 5.74) is 0. The van der Waals surface area contributed by atoms with E-state index in [1.165, 1.54) is 57.8 Å². The van der Waals surface area contributed by atoms with E-state index >= 15 is 0 Å². The van der Waals surface area contributed by atoms with Crippen LogP contribution in [0.1, 0.15) is 71.1 Å². The molecule has 0 spiro atoms. The Morgan fingerprint density at radius 1 is 1.05 bits per heavy atom. The van der Waals surface area contributed by atoms with Crippen LogP contribution in [0.25, 0.3) is 0 Å². The average Bonchev–Trinajstić information content (AvgIpc) is 2.80. The molecule has 3 fully saturated rings. The lowest BCUT2D eigenvalue weighted by Gasteiger charge is -2.36. The summed E-state index contributed by atoms with van der Waals surface area (Å²) >= 11 is 0. The van der Waals surface area contributed by atoms with Crippen LogP contribution in [0.2, 0.25) is 0 Å². The van der Waals surface area contributed by atoms with Crippen molar-refractivity contribution in [2.45, 2.75) is 89.3 Å². The predicted octanol–water partition coefficient (Wildman–Crippen LogP) is 3.51. The zero-order chi connectivity index (χ0) is 13.9. The number of fused-ring (bicyclic) bond motifs is 2. The van der Waals surface area contributed by atoms with Gasteiger partial charge in [-0.05, 0) is 51.4 Å². The van der Waals surface area contributed by atoms with E-state index in [-0.39, 0.29) is 12.4 Å². The van der Waals surface area contributed by atoms with Gasteiger partial charge in [-0.25, -0.2) is 0 Å². The second-order valence-electron chi connectivity index (χ2n) is 7.15. The highest BCUT2D eigenvalue weighted by Gasteiger charge is 2.35. The fourth-order valence-electron chi connectivity index (χ4n) is 4.74. The number of amides is 1. The highest BCUT2D eigenvalue weighted by atomic mass is 35.5. The fraction of sp³-hybridized carbons (Fsp3) is 0.941. The van der Waals surface area contributed by atoms with E-state index in [9.17, 15) is 4.79 Å². The standard InChI is InChI=1S/C17H30N2O.ClH/c1-2-19(16-6-4-3-5-7-16)17(20)12-13-10-14-8-9-15(11-13)18-14;/h13-16,18H,2-12H2,1H3;1H. The van der Waals surface area contributed by atoms with Gasteiger partial charge in [-0.15, -0.1) is 12.4 Å². The molecule has 0 aromatic carbocycles. The van der Waals surface area contributed by atoms with Gasteiger partial charge < -0.3 is 10.2 Å². The Morgan fingerprint density at radius 2 is 1.67 bits per heavy atom. The highest BCUT2D eigenvalue weighted by Crippen LogP contribution is 2.33. The lowest BCUT2D eigenvalue weighted by atomic mass is 9.88. The Kier molecular flexibility index (Phi) is 6.36. The van der Waals surface area contributed by atoms with Crippen LogP contribution in [0.4, 0.5) is 0 Å². The maximum atomic E-state index is 12.7. The van der Waals surface area contributed by atoms with E-state index in [1.807, 2.05) is 0 Å².